The summed E-state index contributed by atoms with van der Waals surface area (Å²) in [5.41, 5.74) is 2.91. The number of benzene rings is 2. The maximum atomic E-state index is 13.3. The molecule has 3 amide bonds. The third-order valence-corrected chi connectivity index (χ3v) is 4.39. The summed E-state index contributed by atoms with van der Waals surface area (Å²) in [6.07, 6.45) is 0.465. The summed E-state index contributed by atoms with van der Waals surface area (Å²) in [6.45, 7) is 3.80. The molecule has 6 heteroatoms. The first kappa shape index (κ1) is 17.8. The summed E-state index contributed by atoms with van der Waals surface area (Å²) in [6, 6.07) is 9.34. The van der Waals surface area contributed by atoms with E-state index in [-0.39, 0.29) is 30.7 Å². The van der Waals surface area contributed by atoms with Gasteiger partial charge < -0.3 is 5.32 Å². The molecule has 0 fully saturated rings. The van der Waals surface area contributed by atoms with Gasteiger partial charge in [0.15, 0.2) is 0 Å². The van der Waals surface area contributed by atoms with Gasteiger partial charge in [-0.2, -0.15) is 0 Å². The summed E-state index contributed by atoms with van der Waals surface area (Å²) in [5, 5.41) is 2.66. The zero-order chi connectivity index (χ0) is 18.8. The van der Waals surface area contributed by atoms with E-state index in [0.29, 0.717) is 23.2 Å². The van der Waals surface area contributed by atoms with Gasteiger partial charge in [0.1, 0.15) is 5.82 Å². The number of rotatable bonds is 5. The molecule has 0 saturated heterocycles. The lowest BCUT2D eigenvalue weighted by molar-refractivity contribution is -0.116. The first-order valence-corrected chi connectivity index (χ1v) is 8.39. The molecule has 1 N–H and O–H groups in total. The van der Waals surface area contributed by atoms with Crippen molar-refractivity contribution in [3.63, 3.8) is 0 Å². The highest BCUT2D eigenvalue weighted by Gasteiger charge is 2.34. The molecular weight excluding hydrogens is 335 g/mol. The molecule has 0 radical (unpaired) electrons. The fourth-order valence-corrected chi connectivity index (χ4v) is 2.95. The monoisotopic (exact) mass is 354 g/mol. The predicted molar refractivity (Wildman–Crippen MR) is 95.5 cm³/mol. The lowest BCUT2D eigenvalue weighted by Gasteiger charge is -2.14. The van der Waals surface area contributed by atoms with E-state index in [1.165, 1.54) is 17.0 Å². The minimum Gasteiger partial charge on any atom is -0.326 e. The predicted octanol–water partition coefficient (Wildman–Crippen LogP) is 3.46. The summed E-state index contributed by atoms with van der Waals surface area (Å²) in [5.74, 6) is -1.36. The molecule has 2 aromatic carbocycles. The summed E-state index contributed by atoms with van der Waals surface area (Å²) < 4.78 is 13.3. The Morgan fingerprint density at radius 3 is 2.54 bits per heavy atom. The second-order valence-corrected chi connectivity index (χ2v) is 6.42. The van der Waals surface area contributed by atoms with Crippen LogP contribution in [0.5, 0.6) is 0 Å². The number of amides is 3. The fourth-order valence-electron chi connectivity index (χ4n) is 2.95. The van der Waals surface area contributed by atoms with Crippen LogP contribution >= 0.6 is 0 Å². The van der Waals surface area contributed by atoms with Gasteiger partial charge >= 0.3 is 0 Å². The van der Waals surface area contributed by atoms with Crippen LogP contribution in [0.4, 0.5) is 10.1 Å². The van der Waals surface area contributed by atoms with Crippen LogP contribution in [0.25, 0.3) is 0 Å². The standard InChI is InChI=1S/C20H19FN2O3/c1-12-5-8-15-16(10-12)20(26)23(19(15)25)9-3-4-18(24)22-17-11-14(21)7-6-13(17)2/h5-8,10-11H,3-4,9H2,1-2H3,(H,22,24). The van der Waals surface area contributed by atoms with Crippen LogP contribution < -0.4 is 5.32 Å². The van der Waals surface area contributed by atoms with E-state index in [1.54, 1.807) is 31.2 Å². The Bertz CT molecular complexity index is 908. The lowest BCUT2D eigenvalue weighted by Crippen LogP contribution is -2.31. The third kappa shape index (κ3) is 3.49. The molecule has 0 unspecified atom stereocenters. The topological polar surface area (TPSA) is 66.5 Å². The smallest absolute Gasteiger partial charge is 0.261 e. The number of halogens is 1. The number of nitrogens with one attached hydrogen (secondary N) is 1. The first-order valence-electron chi connectivity index (χ1n) is 8.39. The van der Waals surface area contributed by atoms with Crippen LogP contribution in [0.3, 0.4) is 0 Å². The van der Waals surface area contributed by atoms with Crippen molar-refractivity contribution < 1.29 is 18.8 Å². The summed E-state index contributed by atoms with van der Waals surface area (Å²) in [4.78, 5) is 37.9. The zero-order valence-electron chi connectivity index (χ0n) is 14.6. The SMILES string of the molecule is Cc1ccc2c(c1)C(=O)N(CCCC(=O)Nc1cc(F)ccc1C)C2=O. The number of carbonyl (C=O) groups is 3. The highest BCUT2D eigenvalue weighted by Crippen LogP contribution is 2.24. The van der Waals surface area contributed by atoms with Crippen LogP contribution in [0.1, 0.15) is 44.7 Å². The molecule has 0 saturated carbocycles. The van der Waals surface area contributed by atoms with Crippen molar-refractivity contribution in [1.29, 1.82) is 0 Å². The third-order valence-electron chi connectivity index (χ3n) is 4.39. The van der Waals surface area contributed by atoms with Gasteiger partial charge in [0.05, 0.1) is 11.1 Å². The molecule has 134 valence electrons. The van der Waals surface area contributed by atoms with Crippen LogP contribution in [-0.4, -0.2) is 29.2 Å². The molecule has 0 atom stereocenters. The van der Waals surface area contributed by atoms with Crippen molar-refractivity contribution in [2.75, 3.05) is 11.9 Å². The van der Waals surface area contributed by atoms with Gasteiger partial charge in [0.25, 0.3) is 11.8 Å². The average molecular weight is 354 g/mol. The minimum atomic E-state index is -0.424. The number of imide groups is 1. The van der Waals surface area contributed by atoms with Crippen LogP contribution in [-0.2, 0) is 4.79 Å². The van der Waals surface area contributed by atoms with Crippen molar-refractivity contribution >= 4 is 23.4 Å². The number of carbonyl (C=O) groups excluding carboxylic acids is 3. The van der Waals surface area contributed by atoms with Crippen LogP contribution in [0.2, 0.25) is 0 Å². The van der Waals surface area contributed by atoms with E-state index in [1.807, 2.05) is 6.92 Å². The van der Waals surface area contributed by atoms with Crippen LogP contribution in [0, 0.1) is 19.7 Å². The lowest BCUT2D eigenvalue weighted by atomic mass is 10.1. The van der Waals surface area contributed by atoms with Gasteiger partial charge in [-0.1, -0.05) is 17.7 Å². The maximum absolute atomic E-state index is 13.3. The maximum Gasteiger partial charge on any atom is 0.261 e. The first-order chi connectivity index (χ1) is 12.4. The van der Waals surface area contributed by atoms with Gasteiger partial charge in [0.2, 0.25) is 5.91 Å². The highest BCUT2D eigenvalue weighted by molar-refractivity contribution is 6.21. The van der Waals surface area contributed by atoms with Gasteiger partial charge in [-0.25, -0.2) is 4.39 Å². The Morgan fingerprint density at radius 2 is 1.77 bits per heavy atom. The van der Waals surface area contributed by atoms with E-state index in [2.05, 4.69) is 5.32 Å². The summed E-state index contributed by atoms with van der Waals surface area (Å²) in [7, 11) is 0. The highest BCUT2D eigenvalue weighted by atomic mass is 19.1. The quantitative estimate of drug-likeness (QED) is 0.836. The van der Waals surface area contributed by atoms with Crippen LogP contribution in [0.15, 0.2) is 36.4 Å². The number of anilines is 1. The Morgan fingerprint density at radius 1 is 1.04 bits per heavy atom. The fraction of sp³-hybridized carbons (Fsp3) is 0.250. The number of hydrogen-bond acceptors (Lipinski definition) is 3. The van der Waals surface area contributed by atoms with E-state index in [4.69, 9.17) is 0 Å². The molecule has 5 nitrogen and oxygen atoms in total. The average Bonchev–Trinajstić information content (AvgIpc) is 2.82. The molecule has 1 aliphatic rings. The van der Waals surface area contributed by atoms with Crippen molar-refractivity contribution in [2.24, 2.45) is 0 Å². The molecule has 1 aliphatic heterocycles. The molecular formula is C20H19FN2O3. The van der Waals surface area contributed by atoms with Crippen molar-refractivity contribution in [3.8, 4) is 0 Å². The molecule has 2 aromatic rings. The normalized spacial score (nSPS) is 13.1. The Hall–Kier alpha value is -3.02. The second kappa shape index (κ2) is 7.07. The van der Waals surface area contributed by atoms with Crippen molar-refractivity contribution in [2.45, 2.75) is 26.7 Å². The van der Waals surface area contributed by atoms with E-state index >= 15 is 0 Å². The van der Waals surface area contributed by atoms with Gasteiger partial charge in [0, 0.05) is 18.7 Å². The van der Waals surface area contributed by atoms with Crippen molar-refractivity contribution in [3.05, 3.63) is 64.5 Å². The molecule has 0 spiro atoms. The number of hydrogen-bond donors (Lipinski definition) is 1. The second-order valence-electron chi connectivity index (χ2n) is 6.42. The number of aryl methyl sites for hydroxylation is 2. The Labute approximate surface area is 150 Å². The van der Waals surface area contributed by atoms with Crippen molar-refractivity contribution in [1.82, 2.24) is 4.90 Å². The largest absolute Gasteiger partial charge is 0.326 e. The van der Waals surface area contributed by atoms with Gasteiger partial charge in [-0.05, 0) is 50.1 Å². The van der Waals surface area contributed by atoms with Gasteiger partial charge in [-0.15, -0.1) is 0 Å². The molecule has 3 rings (SSSR count). The molecule has 26 heavy (non-hydrogen) atoms. The van der Waals surface area contributed by atoms with E-state index < -0.39 is 5.82 Å². The minimum absolute atomic E-state index is 0.127. The summed E-state index contributed by atoms with van der Waals surface area (Å²) >= 11 is 0. The Balaban J connectivity index is 1.57. The molecule has 1 heterocycles. The van der Waals surface area contributed by atoms with Gasteiger partial charge in [-0.3, -0.25) is 19.3 Å². The zero-order valence-corrected chi connectivity index (χ0v) is 14.6. The molecule has 0 aliphatic carbocycles. The number of nitrogens with zero attached hydrogens (tertiary/aromatic N) is 1. The molecule has 0 bridgehead atoms. The van der Waals surface area contributed by atoms with E-state index in [0.717, 1.165) is 11.1 Å². The van der Waals surface area contributed by atoms with E-state index in [9.17, 15) is 18.8 Å². The molecule has 0 aromatic heterocycles. The number of fused-ring (bicyclic) bond motifs is 1. The Kier molecular flexibility index (Phi) is 4.84.